The Hall–Kier alpha value is -1.59. The van der Waals surface area contributed by atoms with E-state index in [9.17, 15) is 4.79 Å². The zero-order valence-corrected chi connectivity index (χ0v) is 12.1. The molecular formula is C15H22N2O3. The normalized spacial score (nSPS) is 19.8. The highest BCUT2D eigenvalue weighted by atomic mass is 16.6. The van der Waals surface area contributed by atoms with Gasteiger partial charge in [0, 0.05) is 18.8 Å². The van der Waals surface area contributed by atoms with Crippen LogP contribution in [0.4, 0.5) is 5.69 Å². The minimum absolute atomic E-state index is 0.0393. The standard InChI is InChI=1S/C15H22N2O3/c1-3-17-6-7-19-13(9-17)10-20-15(18)12-4-5-14(16)11(2)8-12/h4-5,8,13H,3,6-7,9-10,16H2,1-2H3. The fraction of sp³-hybridized carbons (Fsp3) is 0.533. The first kappa shape index (κ1) is 14.8. The van der Waals surface area contributed by atoms with Gasteiger partial charge in [-0.2, -0.15) is 0 Å². The molecule has 1 aromatic rings. The van der Waals surface area contributed by atoms with Gasteiger partial charge in [-0.1, -0.05) is 6.92 Å². The maximum absolute atomic E-state index is 12.0. The largest absolute Gasteiger partial charge is 0.459 e. The number of hydrogen-bond donors (Lipinski definition) is 1. The van der Waals surface area contributed by atoms with Gasteiger partial charge in [0.2, 0.25) is 0 Å². The van der Waals surface area contributed by atoms with Gasteiger partial charge in [0.05, 0.1) is 12.2 Å². The molecule has 1 heterocycles. The summed E-state index contributed by atoms with van der Waals surface area (Å²) in [5.41, 5.74) is 7.82. The molecule has 1 unspecified atom stereocenters. The molecule has 0 spiro atoms. The summed E-state index contributed by atoms with van der Waals surface area (Å²) < 4.78 is 10.9. The quantitative estimate of drug-likeness (QED) is 0.667. The van der Waals surface area contributed by atoms with E-state index < -0.39 is 0 Å². The molecule has 20 heavy (non-hydrogen) atoms. The fourth-order valence-corrected chi connectivity index (χ4v) is 2.22. The number of likely N-dealkylation sites (N-methyl/N-ethyl adjacent to an activating group) is 1. The lowest BCUT2D eigenvalue weighted by Gasteiger charge is -2.31. The number of aryl methyl sites for hydroxylation is 1. The molecule has 0 bridgehead atoms. The number of morpholine rings is 1. The highest BCUT2D eigenvalue weighted by molar-refractivity contribution is 5.90. The van der Waals surface area contributed by atoms with Crippen molar-refractivity contribution in [3.05, 3.63) is 29.3 Å². The molecule has 110 valence electrons. The lowest BCUT2D eigenvalue weighted by Crippen LogP contribution is -2.44. The summed E-state index contributed by atoms with van der Waals surface area (Å²) in [7, 11) is 0. The first-order valence-electron chi connectivity index (χ1n) is 6.97. The maximum Gasteiger partial charge on any atom is 0.338 e. The van der Waals surface area contributed by atoms with Crippen molar-refractivity contribution in [1.29, 1.82) is 0 Å². The zero-order valence-electron chi connectivity index (χ0n) is 12.1. The number of benzene rings is 1. The summed E-state index contributed by atoms with van der Waals surface area (Å²) in [5, 5.41) is 0. The molecule has 1 atom stereocenters. The van der Waals surface area contributed by atoms with Crippen LogP contribution in [0.15, 0.2) is 18.2 Å². The van der Waals surface area contributed by atoms with Crippen molar-refractivity contribution in [3.8, 4) is 0 Å². The average Bonchev–Trinajstić information content (AvgIpc) is 2.47. The highest BCUT2D eigenvalue weighted by Crippen LogP contribution is 2.14. The van der Waals surface area contributed by atoms with Crippen molar-refractivity contribution < 1.29 is 14.3 Å². The van der Waals surface area contributed by atoms with E-state index >= 15 is 0 Å². The van der Waals surface area contributed by atoms with E-state index in [1.54, 1.807) is 18.2 Å². The molecule has 5 nitrogen and oxygen atoms in total. The third kappa shape index (κ3) is 3.71. The van der Waals surface area contributed by atoms with Gasteiger partial charge in [0.15, 0.2) is 0 Å². The van der Waals surface area contributed by atoms with E-state index in [0.29, 0.717) is 24.5 Å². The summed E-state index contributed by atoms with van der Waals surface area (Å²) in [5.74, 6) is -0.328. The lowest BCUT2D eigenvalue weighted by atomic mass is 10.1. The Balaban J connectivity index is 1.87. The Morgan fingerprint density at radius 3 is 3.05 bits per heavy atom. The zero-order chi connectivity index (χ0) is 14.5. The summed E-state index contributed by atoms with van der Waals surface area (Å²) >= 11 is 0. The number of anilines is 1. The van der Waals surface area contributed by atoms with Crippen molar-refractivity contribution in [1.82, 2.24) is 4.90 Å². The van der Waals surface area contributed by atoms with E-state index in [1.165, 1.54) is 0 Å². The maximum atomic E-state index is 12.0. The molecule has 2 N–H and O–H groups in total. The summed E-state index contributed by atoms with van der Waals surface area (Å²) in [6, 6.07) is 5.16. The van der Waals surface area contributed by atoms with E-state index in [2.05, 4.69) is 11.8 Å². The van der Waals surface area contributed by atoms with E-state index in [4.69, 9.17) is 15.2 Å². The number of carbonyl (C=O) groups excluding carboxylic acids is 1. The predicted molar refractivity (Wildman–Crippen MR) is 77.7 cm³/mol. The first-order chi connectivity index (χ1) is 9.60. The van der Waals surface area contributed by atoms with Crippen molar-refractivity contribution in [2.75, 3.05) is 38.6 Å². The molecule has 0 saturated carbocycles. The average molecular weight is 278 g/mol. The van der Waals surface area contributed by atoms with Crippen LogP contribution in [-0.4, -0.2) is 49.8 Å². The van der Waals surface area contributed by atoms with Crippen LogP contribution in [-0.2, 0) is 9.47 Å². The molecule has 1 fully saturated rings. The molecule has 0 aliphatic carbocycles. The summed E-state index contributed by atoms with van der Waals surface area (Å²) in [4.78, 5) is 14.3. The molecule has 0 amide bonds. The molecule has 5 heteroatoms. The summed E-state index contributed by atoms with van der Waals surface area (Å²) in [6.07, 6.45) is -0.0393. The number of carbonyl (C=O) groups is 1. The van der Waals surface area contributed by atoms with Gasteiger partial charge < -0.3 is 15.2 Å². The minimum Gasteiger partial charge on any atom is -0.459 e. The van der Waals surface area contributed by atoms with Crippen LogP contribution in [0.25, 0.3) is 0 Å². The lowest BCUT2D eigenvalue weighted by molar-refractivity contribution is -0.0578. The Labute approximate surface area is 119 Å². The molecule has 1 aliphatic rings. The van der Waals surface area contributed by atoms with E-state index in [0.717, 1.165) is 25.2 Å². The number of nitrogens with two attached hydrogens (primary N) is 1. The van der Waals surface area contributed by atoms with Gasteiger partial charge in [-0.3, -0.25) is 4.90 Å². The first-order valence-corrected chi connectivity index (χ1v) is 6.97. The van der Waals surface area contributed by atoms with Crippen LogP contribution in [0.1, 0.15) is 22.8 Å². The van der Waals surface area contributed by atoms with Gasteiger partial charge >= 0.3 is 5.97 Å². The number of nitrogens with zero attached hydrogens (tertiary/aromatic N) is 1. The Kier molecular flexibility index (Phi) is 4.98. The third-order valence-electron chi connectivity index (χ3n) is 3.58. The number of ether oxygens (including phenoxy) is 2. The highest BCUT2D eigenvalue weighted by Gasteiger charge is 2.21. The number of rotatable bonds is 4. The smallest absolute Gasteiger partial charge is 0.338 e. The summed E-state index contributed by atoms with van der Waals surface area (Å²) in [6.45, 7) is 7.71. The second kappa shape index (κ2) is 6.72. The minimum atomic E-state index is -0.328. The fourth-order valence-electron chi connectivity index (χ4n) is 2.22. The Morgan fingerprint density at radius 1 is 1.55 bits per heavy atom. The molecule has 2 rings (SSSR count). The van der Waals surface area contributed by atoms with Gasteiger partial charge in [0.1, 0.15) is 12.7 Å². The van der Waals surface area contributed by atoms with Gasteiger partial charge in [0.25, 0.3) is 0 Å². The van der Waals surface area contributed by atoms with Crippen molar-refractivity contribution in [2.24, 2.45) is 0 Å². The number of esters is 1. The van der Waals surface area contributed by atoms with Crippen LogP contribution in [0.3, 0.4) is 0 Å². The molecule has 1 saturated heterocycles. The molecular weight excluding hydrogens is 256 g/mol. The Morgan fingerprint density at radius 2 is 2.35 bits per heavy atom. The van der Waals surface area contributed by atoms with Crippen LogP contribution < -0.4 is 5.73 Å². The van der Waals surface area contributed by atoms with Crippen molar-refractivity contribution in [3.63, 3.8) is 0 Å². The predicted octanol–water partition coefficient (Wildman–Crippen LogP) is 1.45. The van der Waals surface area contributed by atoms with Crippen LogP contribution >= 0.6 is 0 Å². The topological polar surface area (TPSA) is 64.8 Å². The van der Waals surface area contributed by atoms with Crippen LogP contribution in [0.2, 0.25) is 0 Å². The van der Waals surface area contributed by atoms with Gasteiger partial charge in [-0.15, -0.1) is 0 Å². The van der Waals surface area contributed by atoms with E-state index in [-0.39, 0.29) is 12.1 Å². The molecule has 1 aromatic carbocycles. The van der Waals surface area contributed by atoms with Crippen molar-refractivity contribution in [2.45, 2.75) is 20.0 Å². The second-order valence-corrected chi connectivity index (χ2v) is 5.06. The third-order valence-corrected chi connectivity index (χ3v) is 3.58. The molecule has 0 aromatic heterocycles. The van der Waals surface area contributed by atoms with Crippen LogP contribution in [0, 0.1) is 6.92 Å². The van der Waals surface area contributed by atoms with Crippen LogP contribution in [0.5, 0.6) is 0 Å². The number of nitrogen functional groups attached to an aromatic ring is 1. The van der Waals surface area contributed by atoms with Crippen molar-refractivity contribution >= 4 is 11.7 Å². The second-order valence-electron chi connectivity index (χ2n) is 5.06. The molecule has 0 radical (unpaired) electrons. The van der Waals surface area contributed by atoms with Gasteiger partial charge in [-0.05, 0) is 37.2 Å². The van der Waals surface area contributed by atoms with E-state index in [1.807, 2.05) is 6.92 Å². The Bertz CT molecular complexity index is 476. The SMILES string of the molecule is CCN1CCOC(COC(=O)c2ccc(N)c(C)c2)C1. The molecule has 1 aliphatic heterocycles. The monoisotopic (exact) mass is 278 g/mol. The van der Waals surface area contributed by atoms with Gasteiger partial charge in [-0.25, -0.2) is 4.79 Å². The number of hydrogen-bond acceptors (Lipinski definition) is 5.